The smallest absolute Gasteiger partial charge is 0.353 e. The summed E-state index contributed by atoms with van der Waals surface area (Å²) in [6.07, 6.45) is 4.95. The summed E-state index contributed by atoms with van der Waals surface area (Å²) in [6, 6.07) is 0. The van der Waals surface area contributed by atoms with Crippen LogP contribution in [0.4, 0.5) is 0 Å². The zero-order valence-electron chi connectivity index (χ0n) is 16.8. The second kappa shape index (κ2) is 8.76. The van der Waals surface area contributed by atoms with Crippen molar-refractivity contribution in [2.24, 2.45) is 11.8 Å². The molecule has 0 aromatic heterocycles. The van der Waals surface area contributed by atoms with E-state index in [2.05, 4.69) is 0 Å². The molecule has 3 saturated heterocycles. The van der Waals surface area contributed by atoms with Gasteiger partial charge in [-0.3, -0.25) is 13.6 Å². The van der Waals surface area contributed by atoms with E-state index in [0.717, 1.165) is 32.1 Å². The van der Waals surface area contributed by atoms with Crippen LogP contribution in [0.1, 0.15) is 59.3 Å². The molecule has 0 radical (unpaired) electrons. The van der Waals surface area contributed by atoms with Crippen molar-refractivity contribution < 1.29 is 37.4 Å². The minimum atomic E-state index is -3.52. The quantitative estimate of drug-likeness (QED) is 0.415. The molecule has 1 aliphatic carbocycles. The summed E-state index contributed by atoms with van der Waals surface area (Å²) in [5.74, 6) is -0.388. The third kappa shape index (κ3) is 4.28. The number of methoxy groups -OCH3 is 1. The van der Waals surface area contributed by atoms with Gasteiger partial charge in [-0.25, -0.2) is 14.3 Å². The van der Waals surface area contributed by atoms with Gasteiger partial charge in [0.25, 0.3) is 0 Å². The first-order valence-electron chi connectivity index (χ1n) is 10.0. The Hall–Kier alpha value is -0.0500. The Labute approximate surface area is 161 Å². The first-order valence-corrected chi connectivity index (χ1v) is 11.5. The molecule has 0 unspecified atom stereocenters. The normalized spacial score (nSPS) is 39.2. The molecule has 0 aromatic rings. The van der Waals surface area contributed by atoms with Gasteiger partial charge in [-0.1, -0.05) is 6.42 Å². The summed E-state index contributed by atoms with van der Waals surface area (Å²) < 4.78 is 40.4. The van der Waals surface area contributed by atoms with Gasteiger partial charge in [0.05, 0.1) is 19.8 Å². The molecule has 0 amide bonds. The fourth-order valence-corrected chi connectivity index (χ4v) is 5.88. The molecule has 9 heteroatoms. The van der Waals surface area contributed by atoms with E-state index in [1.807, 2.05) is 6.92 Å². The van der Waals surface area contributed by atoms with Gasteiger partial charge in [-0.2, -0.15) is 0 Å². The van der Waals surface area contributed by atoms with E-state index >= 15 is 0 Å². The first-order chi connectivity index (χ1) is 12.9. The van der Waals surface area contributed by atoms with Crippen LogP contribution in [-0.2, 0) is 37.4 Å². The highest BCUT2D eigenvalue weighted by Gasteiger charge is 2.63. The van der Waals surface area contributed by atoms with Crippen molar-refractivity contribution in [3.63, 3.8) is 0 Å². The molecule has 5 atom stereocenters. The predicted molar refractivity (Wildman–Crippen MR) is 96.7 cm³/mol. The van der Waals surface area contributed by atoms with E-state index in [0.29, 0.717) is 6.42 Å². The topological polar surface area (TPSA) is 81.7 Å². The average molecular weight is 408 g/mol. The van der Waals surface area contributed by atoms with Crippen molar-refractivity contribution in [2.75, 3.05) is 26.9 Å². The number of phosphoric ester groups is 1. The van der Waals surface area contributed by atoms with Crippen LogP contribution in [0.5, 0.6) is 0 Å². The molecule has 8 nitrogen and oxygen atoms in total. The number of ether oxygens (including phenoxy) is 2. The van der Waals surface area contributed by atoms with Gasteiger partial charge < -0.3 is 9.47 Å². The highest BCUT2D eigenvalue weighted by Crippen LogP contribution is 2.56. The predicted octanol–water partition coefficient (Wildman–Crippen LogP) is 4.19. The third-order valence-corrected chi connectivity index (χ3v) is 7.57. The molecular weight excluding hydrogens is 375 g/mol. The highest BCUT2D eigenvalue weighted by molar-refractivity contribution is 7.48. The lowest BCUT2D eigenvalue weighted by molar-refractivity contribution is -0.554. The lowest BCUT2D eigenvalue weighted by Gasteiger charge is -2.53. The van der Waals surface area contributed by atoms with Crippen LogP contribution in [0.3, 0.4) is 0 Å². The second-order valence-corrected chi connectivity index (χ2v) is 9.28. The van der Waals surface area contributed by atoms with Gasteiger partial charge in [-0.15, -0.1) is 0 Å². The van der Waals surface area contributed by atoms with Crippen molar-refractivity contribution in [1.29, 1.82) is 0 Å². The number of fused-ring (bicyclic) bond motifs is 3. The number of hydrogen-bond acceptors (Lipinski definition) is 8. The maximum absolute atomic E-state index is 12.5. The van der Waals surface area contributed by atoms with Gasteiger partial charge >= 0.3 is 7.82 Å². The largest absolute Gasteiger partial charge is 0.474 e. The van der Waals surface area contributed by atoms with E-state index < -0.39 is 25.5 Å². The number of rotatable bonds is 9. The van der Waals surface area contributed by atoms with Gasteiger partial charge in [0, 0.05) is 13.5 Å². The lowest BCUT2D eigenvalue weighted by atomic mass is 9.65. The molecule has 0 N–H and O–H groups in total. The first kappa shape index (κ1) is 21.7. The maximum Gasteiger partial charge on any atom is 0.474 e. The van der Waals surface area contributed by atoms with E-state index in [1.165, 1.54) is 0 Å². The molecule has 27 heavy (non-hydrogen) atoms. The zero-order valence-corrected chi connectivity index (χ0v) is 17.7. The summed E-state index contributed by atoms with van der Waals surface area (Å²) >= 11 is 0. The molecule has 158 valence electrons. The Morgan fingerprint density at radius 3 is 2.48 bits per heavy atom. The van der Waals surface area contributed by atoms with Crippen molar-refractivity contribution >= 4 is 7.82 Å². The summed E-state index contributed by atoms with van der Waals surface area (Å²) in [5.41, 5.74) is -0.673. The maximum atomic E-state index is 12.5. The van der Waals surface area contributed by atoms with E-state index in [4.69, 9.17) is 32.8 Å². The van der Waals surface area contributed by atoms with Crippen molar-refractivity contribution in [3.8, 4) is 0 Å². The standard InChI is InChI=1S/C18H33O8P/c1-5-21-27(19,22-6-2)23-13-11-15-9-7-8-14-10-12-17(3)24-16(20-4)18(14,15)26-25-17/h14-16H,5-13H2,1-4H3/t14-,15+,16+,17+,18-/m1/s1. The van der Waals surface area contributed by atoms with Crippen molar-refractivity contribution in [3.05, 3.63) is 0 Å². The fourth-order valence-electron chi connectivity index (χ4n) is 4.70. The molecule has 2 bridgehead atoms. The van der Waals surface area contributed by atoms with Gasteiger partial charge in [0.1, 0.15) is 0 Å². The SMILES string of the molecule is CCOP(=O)(OCC)OCC[C@@H]1CCC[C@@H]2CC[C@]3(C)OO[C@]21[C@@H](OC)O3. The summed E-state index contributed by atoms with van der Waals surface area (Å²) in [4.78, 5) is 11.7. The van der Waals surface area contributed by atoms with Crippen LogP contribution >= 0.6 is 7.82 Å². The molecular formula is C18H33O8P. The third-order valence-electron chi connectivity index (χ3n) is 5.92. The Balaban J connectivity index is 1.72. The molecule has 0 aromatic carbocycles. The average Bonchev–Trinajstić information content (AvgIpc) is 2.87. The molecule has 1 spiro atoms. The number of hydrogen-bond donors (Lipinski definition) is 0. The van der Waals surface area contributed by atoms with Crippen LogP contribution in [0.25, 0.3) is 0 Å². The second-order valence-electron chi connectivity index (χ2n) is 7.61. The minimum Gasteiger partial charge on any atom is -0.353 e. The van der Waals surface area contributed by atoms with Crippen LogP contribution in [0.2, 0.25) is 0 Å². The molecule has 1 saturated carbocycles. The minimum absolute atomic E-state index is 0.0977. The summed E-state index contributed by atoms with van der Waals surface area (Å²) in [5, 5.41) is 0. The molecule has 4 fully saturated rings. The van der Waals surface area contributed by atoms with E-state index in [1.54, 1.807) is 21.0 Å². The molecule has 3 heterocycles. The zero-order chi connectivity index (χ0) is 19.5. The fraction of sp³-hybridized carbons (Fsp3) is 1.00. The molecule has 3 aliphatic heterocycles. The number of phosphoric acid groups is 1. The molecule has 4 rings (SSSR count). The van der Waals surface area contributed by atoms with Gasteiger partial charge in [0.15, 0.2) is 11.9 Å². The molecule has 4 aliphatic rings. The van der Waals surface area contributed by atoms with Gasteiger partial charge in [0.2, 0.25) is 5.79 Å². The monoisotopic (exact) mass is 408 g/mol. The van der Waals surface area contributed by atoms with Crippen LogP contribution < -0.4 is 0 Å². The lowest BCUT2D eigenvalue weighted by Crippen LogP contribution is -2.63. The van der Waals surface area contributed by atoms with Gasteiger partial charge in [-0.05, 0) is 58.3 Å². The summed E-state index contributed by atoms with van der Waals surface area (Å²) in [7, 11) is -1.88. The Bertz CT molecular complexity index is 535. The van der Waals surface area contributed by atoms with E-state index in [-0.39, 0.29) is 31.7 Å². The summed E-state index contributed by atoms with van der Waals surface area (Å²) in [6.45, 7) is 6.19. The van der Waals surface area contributed by atoms with Crippen LogP contribution in [0, 0.1) is 11.8 Å². The van der Waals surface area contributed by atoms with Crippen molar-refractivity contribution in [2.45, 2.75) is 77.0 Å². The van der Waals surface area contributed by atoms with Crippen molar-refractivity contribution in [1.82, 2.24) is 0 Å². The van der Waals surface area contributed by atoms with Crippen LogP contribution in [0.15, 0.2) is 0 Å². The van der Waals surface area contributed by atoms with E-state index in [9.17, 15) is 4.57 Å². The highest BCUT2D eigenvalue weighted by atomic mass is 31.2. The Morgan fingerprint density at radius 1 is 1.07 bits per heavy atom. The Morgan fingerprint density at radius 2 is 1.81 bits per heavy atom. The Kier molecular flexibility index (Phi) is 7.02. The van der Waals surface area contributed by atoms with Crippen LogP contribution in [-0.4, -0.2) is 44.6 Å².